The molecule has 6 heteroatoms. The van der Waals surface area contributed by atoms with Crippen molar-refractivity contribution in [2.24, 2.45) is 0 Å². The summed E-state index contributed by atoms with van der Waals surface area (Å²) in [4.78, 5) is 12.0. The van der Waals surface area contributed by atoms with E-state index in [1.54, 1.807) is 0 Å². The molecule has 1 N–H and O–H groups in total. The Morgan fingerprint density at radius 3 is 2.12 bits per heavy atom. The van der Waals surface area contributed by atoms with Crippen molar-refractivity contribution in [1.82, 2.24) is 5.32 Å². The normalized spacial score (nSPS) is 24.7. The molecule has 0 unspecified atom stereocenters. The fourth-order valence-corrected chi connectivity index (χ4v) is 2.88. The van der Waals surface area contributed by atoms with Crippen molar-refractivity contribution < 1.29 is 18.8 Å². The monoisotopic (exact) mass is 337 g/mol. The lowest BCUT2D eigenvalue weighted by Crippen LogP contribution is -2.54. The molecule has 0 aromatic rings. The van der Waals surface area contributed by atoms with Crippen LogP contribution in [0.25, 0.3) is 0 Å². The average Bonchev–Trinajstić information content (AvgIpc) is 2.51. The highest BCUT2D eigenvalue weighted by molar-refractivity contribution is 6.51. The SMILES string of the molecule is CC(C)(C)OC(=O)NC1(C/C=C/B2OC(C)(C)C(C)(C)O2)CCC1. The standard InChI is InChI=1S/C18H32BNO4/c1-15(2,3)22-14(21)20-18(10-8-11-18)12-9-13-19-23-16(4,5)17(6,7)24-19/h9,13H,8,10-12H2,1-7H3,(H,20,21)/b13-9+. The molecule has 0 aromatic heterocycles. The van der Waals surface area contributed by atoms with E-state index in [9.17, 15) is 4.79 Å². The van der Waals surface area contributed by atoms with Crippen LogP contribution >= 0.6 is 0 Å². The molecular weight excluding hydrogens is 305 g/mol. The number of hydrogen-bond acceptors (Lipinski definition) is 4. The Hall–Kier alpha value is -1.01. The van der Waals surface area contributed by atoms with Gasteiger partial charge in [0.25, 0.3) is 0 Å². The quantitative estimate of drug-likeness (QED) is 0.788. The van der Waals surface area contributed by atoms with Gasteiger partial charge in [0.05, 0.1) is 11.2 Å². The van der Waals surface area contributed by atoms with Gasteiger partial charge >= 0.3 is 13.2 Å². The maximum Gasteiger partial charge on any atom is 0.486 e. The van der Waals surface area contributed by atoms with Crippen molar-refractivity contribution in [3.63, 3.8) is 0 Å². The first kappa shape index (κ1) is 19.3. The van der Waals surface area contributed by atoms with Gasteiger partial charge < -0.3 is 19.4 Å². The lowest BCUT2D eigenvalue weighted by Gasteiger charge is -2.42. The van der Waals surface area contributed by atoms with Crippen LogP contribution < -0.4 is 5.32 Å². The Kier molecular flexibility index (Phi) is 5.13. The lowest BCUT2D eigenvalue weighted by molar-refractivity contribution is 0.00578. The van der Waals surface area contributed by atoms with E-state index in [1.807, 2.05) is 54.4 Å². The Bertz CT molecular complexity index is 488. The fourth-order valence-electron chi connectivity index (χ4n) is 2.88. The molecule has 1 aliphatic carbocycles. The van der Waals surface area contributed by atoms with E-state index in [2.05, 4.69) is 11.4 Å². The molecule has 24 heavy (non-hydrogen) atoms. The average molecular weight is 337 g/mol. The Morgan fingerprint density at radius 2 is 1.71 bits per heavy atom. The molecule has 5 nitrogen and oxygen atoms in total. The van der Waals surface area contributed by atoms with Gasteiger partial charge in [-0.05, 0) is 74.1 Å². The van der Waals surface area contributed by atoms with E-state index in [1.165, 1.54) is 0 Å². The van der Waals surface area contributed by atoms with Crippen LogP contribution in [0, 0.1) is 0 Å². The zero-order valence-electron chi connectivity index (χ0n) is 16.2. The minimum Gasteiger partial charge on any atom is -0.444 e. The molecule has 136 valence electrons. The molecule has 2 aliphatic rings. The highest BCUT2D eigenvalue weighted by atomic mass is 16.7. The Labute approximate surface area is 146 Å². The molecule has 1 amide bonds. The van der Waals surface area contributed by atoms with Crippen LogP contribution in [0.5, 0.6) is 0 Å². The van der Waals surface area contributed by atoms with Crippen molar-refractivity contribution in [2.45, 2.75) is 96.5 Å². The van der Waals surface area contributed by atoms with Crippen molar-refractivity contribution in [2.75, 3.05) is 0 Å². The molecule has 2 rings (SSSR count). The molecule has 1 saturated carbocycles. The summed E-state index contributed by atoms with van der Waals surface area (Å²) < 4.78 is 17.3. The molecule has 0 radical (unpaired) electrons. The first-order chi connectivity index (χ1) is 10.8. The van der Waals surface area contributed by atoms with Gasteiger partial charge in [-0.25, -0.2) is 4.79 Å². The number of nitrogens with one attached hydrogen (secondary N) is 1. The second-order valence-electron chi connectivity index (χ2n) is 9.02. The number of carbonyl (C=O) groups is 1. The first-order valence-corrected chi connectivity index (χ1v) is 8.88. The third kappa shape index (κ3) is 4.54. The number of ether oxygens (including phenoxy) is 1. The highest BCUT2D eigenvalue weighted by Gasteiger charge is 2.50. The minimum atomic E-state index is -0.479. The van der Waals surface area contributed by atoms with Gasteiger partial charge in [-0.3, -0.25) is 0 Å². The summed E-state index contributed by atoms with van der Waals surface area (Å²) in [6, 6.07) is 0. The molecule has 0 atom stereocenters. The zero-order chi connectivity index (χ0) is 18.2. The summed E-state index contributed by atoms with van der Waals surface area (Å²) in [5.74, 6) is 1.95. The van der Waals surface area contributed by atoms with Crippen LogP contribution in [0.4, 0.5) is 4.79 Å². The molecule has 0 bridgehead atoms. The van der Waals surface area contributed by atoms with Crippen molar-refractivity contribution in [1.29, 1.82) is 0 Å². The van der Waals surface area contributed by atoms with E-state index < -0.39 is 5.60 Å². The van der Waals surface area contributed by atoms with Gasteiger partial charge in [0, 0.05) is 5.54 Å². The van der Waals surface area contributed by atoms with Crippen molar-refractivity contribution in [3.05, 3.63) is 12.1 Å². The van der Waals surface area contributed by atoms with Crippen LogP contribution in [0.15, 0.2) is 12.1 Å². The van der Waals surface area contributed by atoms with Crippen molar-refractivity contribution >= 4 is 13.2 Å². The third-order valence-corrected chi connectivity index (χ3v) is 5.15. The molecule has 1 saturated heterocycles. The van der Waals surface area contributed by atoms with Crippen molar-refractivity contribution in [3.8, 4) is 0 Å². The molecular formula is C18H32BNO4. The molecule has 1 heterocycles. The summed E-state index contributed by atoms with van der Waals surface area (Å²) in [6.45, 7) is 13.8. The second kappa shape index (κ2) is 6.38. The predicted octanol–water partition coefficient (Wildman–Crippen LogP) is 4.01. The van der Waals surface area contributed by atoms with Gasteiger partial charge in [-0.2, -0.15) is 0 Å². The summed E-state index contributed by atoms with van der Waals surface area (Å²) in [6.07, 6.45) is 5.54. The van der Waals surface area contributed by atoms with Gasteiger partial charge in [-0.1, -0.05) is 12.1 Å². The largest absolute Gasteiger partial charge is 0.486 e. The van der Waals surface area contributed by atoms with Crippen LogP contribution in [0.2, 0.25) is 0 Å². The summed E-state index contributed by atoms with van der Waals surface area (Å²) in [5, 5.41) is 3.05. The predicted molar refractivity (Wildman–Crippen MR) is 95.8 cm³/mol. The topological polar surface area (TPSA) is 56.8 Å². The molecule has 0 aromatic carbocycles. The van der Waals surface area contributed by atoms with Crippen LogP contribution in [-0.4, -0.2) is 35.6 Å². The summed E-state index contributed by atoms with van der Waals surface area (Å²) >= 11 is 0. The van der Waals surface area contributed by atoms with Crippen LogP contribution in [0.3, 0.4) is 0 Å². The number of carbonyl (C=O) groups excluding carboxylic acids is 1. The molecule has 1 aliphatic heterocycles. The maximum atomic E-state index is 12.0. The van der Waals surface area contributed by atoms with E-state index in [0.29, 0.717) is 0 Å². The van der Waals surface area contributed by atoms with E-state index in [0.717, 1.165) is 25.7 Å². The van der Waals surface area contributed by atoms with Gasteiger partial charge in [0.15, 0.2) is 0 Å². The van der Waals surface area contributed by atoms with Crippen LogP contribution in [-0.2, 0) is 14.0 Å². The number of amides is 1. The van der Waals surface area contributed by atoms with E-state index in [4.69, 9.17) is 14.0 Å². The Balaban J connectivity index is 1.89. The second-order valence-corrected chi connectivity index (χ2v) is 9.02. The molecule has 0 spiro atoms. The molecule has 2 fully saturated rings. The fraction of sp³-hybridized carbons (Fsp3) is 0.833. The summed E-state index contributed by atoms with van der Waals surface area (Å²) in [5.41, 5.74) is -1.33. The number of hydrogen-bond donors (Lipinski definition) is 1. The van der Waals surface area contributed by atoms with Gasteiger partial charge in [-0.15, -0.1) is 0 Å². The smallest absolute Gasteiger partial charge is 0.444 e. The van der Waals surface area contributed by atoms with E-state index >= 15 is 0 Å². The number of rotatable bonds is 4. The summed E-state index contributed by atoms with van der Waals surface area (Å²) in [7, 11) is -0.339. The van der Waals surface area contributed by atoms with Gasteiger partial charge in [0.2, 0.25) is 0 Å². The zero-order valence-corrected chi connectivity index (χ0v) is 16.2. The van der Waals surface area contributed by atoms with Gasteiger partial charge in [0.1, 0.15) is 5.60 Å². The first-order valence-electron chi connectivity index (χ1n) is 8.88. The van der Waals surface area contributed by atoms with E-state index in [-0.39, 0.29) is 30.0 Å². The third-order valence-electron chi connectivity index (χ3n) is 5.15. The Morgan fingerprint density at radius 1 is 1.17 bits per heavy atom. The van der Waals surface area contributed by atoms with Crippen LogP contribution in [0.1, 0.15) is 74.1 Å². The highest BCUT2D eigenvalue weighted by Crippen LogP contribution is 2.38. The minimum absolute atomic E-state index is 0.192. The number of alkyl carbamates (subject to hydrolysis) is 1. The maximum absolute atomic E-state index is 12.0. The lowest BCUT2D eigenvalue weighted by atomic mass is 9.73.